The van der Waals surface area contributed by atoms with E-state index in [1.165, 1.54) is 29.8 Å². The molecule has 2 aromatic rings. The predicted octanol–water partition coefficient (Wildman–Crippen LogP) is 3.76. The lowest BCUT2D eigenvalue weighted by atomic mass is 9.85. The molecule has 0 aliphatic heterocycles. The molecular weight excluding hydrogens is 360 g/mol. The highest BCUT2D eigenvalue weighted by Gasteiger charge is 2.24. The number of carbonyl (C=O) groups is 1. The molecule has 1 amide bonds. The standard InChI is InChI=1S/C21H28N2O3S/c1-14(2)19(15-6-10-17(11-7-15)21(3,4)5)23-27(25,26)18-12-8-16(9-13-18)20(22)24/h6-14,19,23H,1-5H3,(H2,22,24). The van der Waals surface area contributed by atoms with Gasteiger partial charge in [-0.2, -0.15) is 0 Å². The van der Waals surface area contributed by atoms with Crippen molar-refractivity contribution in [1.29, 1.82) is 0 Å². The fraction of sp³-hybridized carbons (Fsp3) is 0.381. The minimum atomic E-state index is -3.74. The zero-order valence-electron chi connectivity index (χ0n) is 16.5. The molecule has 6 heteroatoms. The van der Waals surface area contributed by atoms with E-state index in [0.717, 1.165) is 5.56 Å². The van der Waals surface area contributed by atoms with Crippen LogP contribution in [0.25, 0.3) is 0 Å². The van der Waals surface area contributed by atoms with Gasteiger partial charge in [-0.15, -0.1) is 0 Å². The maximum Gasteiger partial charge on any atom is 0.248 e. The normalized spacial score (nSPS) is 13.6. The van der Waals surface area contributed by atoms with Crippen molar-refractivity contribution in [2.75, 3.05) is 0 Å². The van der Waals surface area contributed by atoms with Crippen molar-refractivity contribution in [2.45, 2.75) is 51.0 Å². The number of primary amides is 1. The fourth-order valence-electron chi connectivity index (χ4n) is 2.81. The smallest absolute Gasteiger partial charge is 0.248 e. The van der Waals surface area contributed by atoms with Crippen molar-refractivity contribution in [2.24, 2.45) is 11.7 Å². The average molecular weight is 389 g/mol. The Hall–Kier alpha value is -2.18. The lowest BCUT2D eigenvalue weighted by molar-refractivity contribution is 0.1000. The van der Waals surface area contributed by atoms with E-state index in [0.29, 0.717) is 0 Å². The lowest BCUT2D eigenvalue weighted by Gasteiger charge is -2.25. The maximum absolute atomic E-state index is 12.8. The first-order valence-corrected chi connectivity index (χ1v) is 10.4. The Morgan fingerprint density at radius 2 is 1.48 bits per heavy atom. The van der Waals surface area contributed by atoms with Gasteiger partial charge in [-0.05, 0) is 46.7 Å². The van der Waals surface area contributed by atoms with Gasteiger partial charge in [0.05, 0.1) is 4.90 Å². The van der Waals surface area contributed by atoms with Gasteiger partial charge < -0.3 is 5.73 Å². The number of nitrogens with one attached hydrogen (secondary N) is 1. The van der Waals surface area contributed by atoms with Crippen molar-refractivity contribution in [3.05, 3.63) is 65.2 Å². The Labute approximate surface area is 162 Å². The number of amides is 1. The van der Waals surface area contributed by atoms with Gasteiger partial charge in [0.1, 0.15) is 0 Å². The van der Waals surface area contributed by atoms with Crippen molar-refractivity contribution < 1.29 is 13.2 Å². The van der Waals surface area contributed by atoms with E-state index in [4.69, 9.17) is 5.73 Å². The number of sulfonamides is 1. The summed E-state index contributed by atoms with van der Waals surface area (Å²) in [6.45, 7) is 10.4. The van der Waals surface area contributed by atoms with Gasteiger partial charge in [-0.1, -0.05) is 58.9 Å². The van der Waals surface area contributed by atoms with Gasteiger partial charge in [-0.25, -0.2) is 13.1 Å². The minimum absolute atomic E-state index is 0.0353. The molecule has 0 spiro atoms. The third kappa shape index (κ3) is 5.17. The van der Waals surface area contributed by atoms with Crippen LogP contribution < -0.4 is 10.5 Å². The van der Waals surface area contributed by atoms with Crippen molar-refractivity contribution in [3.8, 4) is 0 Å². The molecule has 146 valence electrons. The molecule has 0 aliphatic rings. The molecular formula is C21H28N2O3S. The third-order valence-electron chi connectivity index (χ3n) is 4.53. The van der Waals surface area contributed by atoms with Crippen molar-refractivity contribution >= 4 is 15.9 Å². The summed E-state index contributed by atoms with van der Waals surface area (Å²) in [6, 6.07) is 13.3. The van der Waals surface area contributed by atoms with Crippen molar-refractivity contribution in [3.63, 3.8) is 0 Å². The zero-order valence-corrected chi connectivity index (χ0v) is 17.3. The Balaban J connectivity index is 2.30. The Morgan fingerprint density at radius 3 is 1.89 bits per heavy atom. The first-order valence-electron chi connectivity index (χ1n) is 8.94. The number of carbonyl (C=O) groups excluding carboxylic acids is 1. The van der Waals surface area contributed by atoms with E-state index in [2.05, 4.69) is 25.5 Å². The predicted molar refractivity (Wildman–Crippen MR) is 108 cm³/mol. The summed E-state index contributed by atoms with van der Waals surface area (Å²) in [4.78, 5) is 11.3. The molecule has 5 nitrogen and oxygen atoms in total. The lowest BCUT2D eigenvalue weighted by Crippen LogP contribution is -2.32. The summed E-state index contributed by atoms with van der Waals surface area (Å²) in [5.41, 5.74) is 7.62. The van der Waals surface area contributed by atoms with Gasteiger partial charge in [0.15, 0.2) is 0 Å². The second-order valence-electron chi connectivity index (χ2n) is 8.10. The number of rotatable bonds is 6. The van der Waals surface area contributed by atoms with E-state index in [-0.39, 0.29) is 27.8 Å². The summed E-state index contributed by atoms with van der Waals surface area (Å²) in [5, 5.41) is 0. The van der Waals surface area contributed by atoms with Crippen LogP contribution in [-0.2, 0) is 15.4 Å². The topological polar surface area (TPSA) is 89.3 Å². The highest BCUT2D eigenvalue weighted by molar-refractivity contribution is 7.89. The monoisotopic (exact) mass is 388 g/mol. The van der Waals surface area contributed by atoms with Gasteiger partial charge >= 0.3 is 0 Å². The van der Waals surface area contributed by atoms with Crippen LogP contribution in [0, 0.1) is 5.92 Å². The molecule has 3 N–H and O–H groups in total. The Morgan fingerprint density at radius 1 is 0.963 bits per heavy atom. The van der Waals surface area contributed by atoms with Crippen LogP contribution in [-0.4, -0.2) is 14.3 Å². The van der Waals surface area contributed by atoms with Crippen LogP contribution in [0.3, 0.4) is 0 Å². The van der Waals surface area contributed by atoms with Crippen LogP contribution in [0.2, 0.25) is 0 Å². The summed E-state index contributed by atoms with van der Waals surface area (Å²) < 4.78 is 28.4. The van der Waals surface area contributed by atoms with E-state index >= 15 is 0 Å². The van der Waals surface area contributed by atoms with E-state index < -0.39 is 15.9 Å². The van der Waals surface area contributed by atoms with Crippen LogP contribution in [0.5, 0.6) is 0 Å². The molecule has 0 aliphatic carbocycles. The van der Waals surface area contributed by atoms with E-state index in [1.54, 1.807) is 0 Å². The number of hydrogen-bond acceptors (Lipinski definition) is 3. The summed E-state index contributed by atoms with van der Waals surface area (Å²) >= 11 is 0. The minimum Gasteiger partial charge on any atom is -0.366 e. The highest BCUT2D eigenvalue weighted by Crippen LogP contribution is 2.28. The van der Waals surface area contributed by atoms with Crippen molar-refractivity contribution in [1.82, 2.24) is 4.72 Å². The maximum atomic E-state index is 12.8. The second kappa shape index (κ2) is 7.82. The largest absolute Gasteiger partial charge is 0.366 e. The number of hydrogen-bond donors (Lipinski definition) is 2. The van der Waals surface area contributed by atoms with Crippen LogP contribution in [0.1, 0.15) is 62.1 Å². The highest BCUT2D eigenvalue weighted by atomic mass is 32.2. The molecule has 2 aromatic carbocycles. The first kappa shape index (κ1) is 21.1. The fourth-order valence-corrected chi connectivity index (χ4v) is 4.19. The number of nitrogens with two attached hydrogens (primary N) is 1. The second-order valence-corrected chi connectivity index (χ2v) is 9.82. The molecule has 0 saturated heterocycles. The van der Waals surface area contributed by atoms with E-state index in [9.17, 15) is 13.2 Å². The van der Waals surface area contributed by atoms with Gasteiger partial charge in [0, 0.05) is 11.6 Å². The molecule has 0 heterocycles. The molecule has 0 bridgehead atoms. The first-order chi connectivity index (χ1) is 12.4. The molecule has 0 radical (unpaired) electrons. The van der Waals surface area contributed by atoms with Crippen LogP contribution in [0.15, 0.2) is 53.4 Å². The van der Waals surface area contributed by atoms with E-state index in [1.807, 2.05) is 38.1 Å². The molecule has 1 unspecified atom stereocenters. The summed E-state index contributed by atoms with van der Waals surface area (Å²) in [7, 11) is -3.74. The summed E-state index contributed by atoms with van der Waals surface area (Å²) in [5.74, 6) is -0.531. The zero-order chi connectivity index (χ0) is 20.4. The van der Waals surface area contributed by atoms with Crippen LogP contribution in [0.4, 0.5) is 0 Å². The number of benzene rings is 2. The molecule has 2 rings (SSSR count). The molecule has 1 atom stereocenters. The average Bonchev–Trinajstić information content (AvgIpc) is 2.59. The SMILES string of the molecule is CC(C)C(NS(=O)(=O)c1ccc(C(N)=O)cc1)c1ccc(C(C)(C)C)cc1. The Bertz CT molecular complexity index is 894. The summed E-state index contributed by atoms with van der Waals surface area (Å²) in [6.07, 6.45) is 0. The molecule has 0 aromatic heterocycles. The quantitative estimate of drug-likeness (QED) is 0.789. The van der Waals surface area contributed by atoms with Crippen LogP contribution >= 0.6 is 0 Å². The molecule has 0 saturated carbocycles. The van der Waals surface area contributed by atoms with Gasteiger partial charge in [0.25, 0.3) is 0 Å². The molecule has 27 heavy (non-hydrogen) atoms. The Kier molecular flexibility index (Phi) is 6.12. The van der Waals surface area contributed by atoms with Gasteiger partial charge in [0.2, 0.25) is 15.9 Å². The third-order valence-corrected chi connectivity index (χ3v) is 5.99. The van der Waals surface area contributed by atoms with Gasteiger partial charge in [-0.3, -0.25) is 4.79 Å². The molecule has 0 fully saturated rings.